The molecule has 0 aromatic heterocycles. The van der Waals surface area contributed by atoms with Gasteiger partial charge in [-0.2, -0.15) is 0 Å². The molecule has 55 heavy (non-hydrogen) atoms. The van der Waals surface area contributed by atoms with Crippen molar-refractivity contribution in [2.24, 2.45) is 0 Å². The zero-order valence-corrected chi connectivity index (χ0v) is 36.9. The normalized spacial score (nSPS) is 14.1. The number of hydrogen-bond acceptors (Lipinski definition) is 5. The summed E-state index contributed by atoms with van der Waals surface area (Å²) in [6, 6.07) is -0.983. The molecule has 0 bridgehead atoms. The Morgan fingerprint density at radius 1 is 0.436 bits per heavy atom. The molecule has 6 nitrogen and oxygen atoms in total. The first-order valence-corrected chi connectivity index (χ1v) is 24.6. The van der Waals surface area contributed by atoms with E-state index in [0.29, 0.717) is 12.8 Å². The van der Waals surface area contributed by atoms with Gasteiger partial charge in [-0.1, -0.05) is 238 Å². The minimum absolute atomic E-state index is 0.370. The second kappa shape index (κ2) is 44.2. The highest BCUT2D eigenvalue weighted by Crippen LogP contribution is 2.17. The van der Waals surface area contributed by atoms with Crippen LogP contribution < -0.4 is 5.32 Å². The van der Waals surface area contributed by atoms with E-state index in [4.69, 9.17) is 0 Å². The highest BCUT2D eigenvalue weighted by Gasteiger charge is 2.28. The molecule has 0 saturated heterocycles. The summed E-state index contributed by atoms with van der Waals surface area (Å²) < 4.78 is 0. The molecular formula is C49H97NO5. The lowest BCUT2D eigenvalue weighted by Crippen LogP contribution is -2.53. The fraction of sp³-hybridized carbons (Fsp3) is 0.939. The molecule has 0 heterocycles. The summed E-state index contributed by atoms with van der Waals surface area (Å²) in [6.07, 6.45) is 49.7. The summed E-state index contributed by atoms with van der Waals surface area (Å²) in [5.74, 6) is -0.582. The molecule has 0 aliphatic heterocycles. The second-order valence-corrected chi connectivity index (χ2v) is 17.2. The largest absolute Gasteiger partial charge is 0.394 e. The molecule has 4 unspecified atom stereocenters. The van der Waals surface area contributed by atoms with Crippen molar-refractivity contribution < 1.29 is 25.2 Å². The third-order valence-electron chi connectivity index (χ3n) is 11.7. The highest BCUT2D eigenvalue weighted by molar-refractivity contribution is 5.80. The number of unbranched alkanes of at least 4 members (excludes halogenated alkanes) is 34. The van der Waals surface area contributed by atoms with Crippen molar-refractivity contribution in [1.29, 1.82) is 0 Å². The maximum atomic E-state index is 12.5. The monoisotopic (exact) mass is 780 g/mol. The Hall–Kier alpha value is -0.950. The first kappa shape index (κ1) is 54.0. The van der Waals surface area contributed by atoms with Gasteiger partial charge >= 0.3 is 0 Å². The van der Waals surface area contributed by atoms with Crippen LogP contribution in [0.5, 0.6) is 0 Å². The standard InChI is InChI=1S/C49H97NO5/c1-3-5-7-9-11-13-15-17-19-20-21-22-23-24-25-26-27-28-29-31-33-35-37-39-41-43-47(53)49(55)50-45(44-51)48(54)46(52)42-40-38-36-34-32-30-18-16-14-12-10-8-6-4-2/h24-25,45-48,51-54H,3-23,26-44H2,1-2H3,(H,50,55)/b25-24-. The molecule has 0 aliphatic carbocycles. The van der Waals surface area contributed by atoms with Crippen LogP contribution in [0.2, 0.25) is 0 Å². The van der Waals surface area contributed by atoms with Gasteiger partial charge in [-0.25, -0.2) is 0 Å². The van der Waals surface area contributed by atoms with Gasteiger partial charge in [-0.15, -0.1) is 0 Å². The van der Waals surface area contributed by atoms with Gasteiger partial charge in [-0.05, 0) is 38.5 Å². The molecule has 0 rings (SSSR count). The number of carbonyl (C=O) groups excluding carboxylic acids is 1. The molecular weight excluding hydrogens is 683 g/mol. The minimum Gasteiger partial charge on any atom is -0.394 e. The molecule has 0 spiro atoms. The van der Waals surface area contributed by atoms with Gasteiger partial charge in [0.05, 0.1) is 18.8 Å². The highest BCUT2D eigenvalue weighted by atomic mass is 16.3. The molecule has 1 amide bonds. The number of rotatable bonds is 45. The lowest BCUT2D eigenvalue weighted by atomic mass is 9.99. The van der Waals surface area contributed by atoms with Crippen molar-refractivity contribution in [2.45, 2.75) is 289 Å². The Morgan fingerprint density at radius 3 is 1.05 bits per heavy atom. The Morgan fingerprint density at radius 2 is 0.727 bits per heavy atom. The molecule has 5 N–H and O–H groups in total. The third-order valence-corrected chi connectivity index (χ3v) is 11.7. The molecule has 0 aromatic carbocycles. The van der Waals surface area contributed by atoms with Crippen molar-refractivity contribution in [3.63, 3.8) is 0 Å². The summed E-state index contributed by atoms with van der Waals surface area (Å²) in [5.41, 5.74) is 0. The predicted molar refractivity (Wildman–Crippen MR) is 238 cm³/mol. The van der Waals surface area contributed by atoms with Crippen LogP contribution >= 0.6 is 0 Å². The first-order valence-electron chi connectivity index (χ1n) is 24.6. The Balaban J connectivity index is 3.64. The smallest absolute Gasteiger partial charge is 0.249 e. The maximum Gasteiger partial charge on any atom is 0.249 e. The molecule has 0 aromatic rings. The zero-order valence-electron chi connectivity index (χ0n) is 36.9. The van der Waals surface area contributed by atoms with Gasteiger partial charge in [-0.3, -0.25) is 4.79 Å². The molecule has 0 radical (unpaired) electrons. The Bertz CT molecular complexity index is 791. The third kappa shape index (κ3) is 38.3. The number of allylic oxidation sites excluding steroid dienone is 2. The van der Waals surface area contributed by atoms with Crippen LogP contribution in [0.3, 0.4) is 0 Å². The van der Waals surface area contributed by atoms with E-state index < -0.39 is 36.9 Å². The average Bonchev–Trinajstić information content (AvgIpc) is 3.19. The van der Waals surface area contributed by atoms with Crippen LogP contribution in [-0.2, 0) is 4.79 Å². The fourth-order valence-corrected chi connectivity index (χ4v) is 7.81. The van der Waals surface area contributed by atoms with E-state index in [1.54, 1.807) is 0 Å². The van der Waals surface area contributed by atoms with Crippen molar-refractivity contribution in [3.05, 3.63) is 12.2 Å². The maximum absolute atomic E-state index is 12.5. The summed E-state index contributed by atoms with van der Waals surface area (Å²) in [4.78, 5) is 12.5. The van der Waals surface area contributed by atoms with E-state index in [-0.39, 0.29) is 0 Å². The summed E-state index contributed by atoms with van der Waals surface area (Å²) in [6.45, 7) is 4.07. The van der Waals surface area contributed by atoms with E-state index in [2.05, 4.69) is 31.3 Å². The first-order chi connectivity index (χ1) is 27.0. The lowest BCUT2D eigenvalue weighted by molar-refractivity contribution is -0.132. The van der Waals surface area contributed by atoms with Crippen molar-refractivity contribution >= 4 is 5.91 Å². The van der Waals surface area contributed by atoms with E-state index >= 15 is 0 Å². The summed E-state index contributed by atoms with van der Waals surface area (Å²) >= 11 is 0. The van der Waals surface area contributed by atoms with Gasteiger partial charge in [0.2, 0.25) is 5.91 Å². The molecule has 0 fully saturated rings. The van der Waals surface area contributed by atoms with Gasteiger partial charge in [0.15, 0.2) is 0 Å². The number of amides is 1. The molecule has 0 aliphatic rings. The molecule has 6 heteroatoms. The van der Waals surface area contributed by atoms with Crippen LogP contribution in [0.25, 0.3) is 0 Å². The minimum atomic E-state index is -1.26. The lowest BCUT2D eigenvalue weighted by Gasteiger charge is -2.27. The summed E-state index contributed by atoms with van der Waals surface area (Å²) in [7, 11) is 0. The molecule has 0 saturated carbocycles. The van der Waals surface area contributed by atoms with E-state index in [0.717, 1.165) is 38.5 Å². The fourth-order valence-electron chi connectivity index (χ4n) is 7.81. The number of carbonyl (C=O) groups is 1. The van der Waals surface area contributed by atoms with E-state index in [1.807, 2.05) is 0 Å². The van der Waals surface area contributed by atoms with Crippen LogP contribution in [0.15, 0.2) is 12.2 Å². The number of aliphatic hydroxyl groups is 4. The second-order valence-electron chi connectivity index (χ2n) is 17.2. The van der Waals surface area contributed by atoms with Crippen LogP contribution in [0, 0.1) is 0 Å². The van der Waals surface area contributed by atoms with Gasteiger partial charge in [0, 0.05) is 0 Å². The van der Waals surface area contributed by atoms with E-state index in [1.165, 1.54) is 199 Å². The number of nitrogens with one attached hydrogen (secondary N) is 1. The van der Waals surface area contributed by atoms with Gasteiger partial charge in [0.1, 0.15) is 12.2 Å². The Labute approximate surface area is 342 Å². The van der Waals surface area contributed by atoms with Crippen molar-refractivity contribution in [3.8, 4) is 0 Å². The van der Waals surface area contributed by atoms with Crippen LogP contribution in [0.1, 0.15) is 264 Å². The van der Waals surface area contributed by atoms with Crippen molar-refractivity contribution in [1.82, 2.24) is 5.32 Å². The van der Waals surface area contributed by atoms with Crippen LogP contribution in [0.4, 0.5) is 0 Å². The SMILES string of the molecule is CCCCCCCCCCCCCC/C=C\CCCCCCCCCCCC(O)C(=O)NC(CO)C(O)C(O)CCCCCCCCCCCCCCCC. The number of aliphatic hydroxyl groups excluding tert-OH is 4. The van der Waals surface area contributed by atoms with Crippen LogP contribution in [-0.4, -0.2) is 57.3 Å². The zero-order chi connectivity index (χ0) is 40.3. The molecule has 4 atom stereocenters. The van der Waals surface area contributed by atoms with E-state index in [9.17, 15) is 25.2 Å². The molecule has 328 valence electrons. The van der Waals surface area contributed by atoms with Gasteiger partial charge < -0.3 is 25.7 Å². The summed E-state index contributed by atoms with van der Waals surface area (Å²) in [5, 5.41) is 43.8. The van der Waals surface area contributed by atoms with Crippen molar-refractivity contribution in [2.75, 3.05) is 6.61 Å². The average molecular weight is 780 g/mol. The van der Waals surface area contributed by atoms with Gasteiger partial charge in [0.25, 0.3) is 0 Å². The topological polar surface area (TPSA) is 110 Å². The quantitative estimate of drug-likeness (QED) is 0.0312. The Kier molecular flexibility index (Phi) is 43.4. The number of hydrogen-bond donors (Lipinski definition) is 5. The predicted octanol–water partition coefficient (Wildman–Crippen LogP) is 13.4.